The zero-order valence-corrected chi connectivity index (χ0v) is 14.2. The predicted molar refractivity (Wildman–Crippen MR) is 89.8 cm³/mol. The first-order chi connectivity index (χ1) is 11.0. The van der Waals surface area contributed by atoms with Gasteiger partial charge in [-0.15, -0.1) is 12.4 Å². The highest BCUT2D eigenvalue weighted by Gasteiger charge is 2.29. The summed E-state index contributed by atoms with van der Waals surface area (Å²) in [6.07, 6.45) is 1.16. The summed E-state index contributed by atoms with van der Waals surface area (Å²) in [5, 5.41) is 11.9. The minimum atomic E-state index is -0.748. The van der Waals surface area contributed by atoms with Crippen LogP contribution in [0.25, 0.3) is 0 Å². The maximum atomic E-state index is 12.4. The van der Waals surface area contributed by atoms with Gasteiger partial charge in [-0.3, -0.25) is 14.5 Å². The number of likely N-dealkylation sites (tertiary alicyclic amines) is 1. The normalized spacial score (nSPS) is 18.5. The van der Waals surface area contributed by atoms with Crippen LogP contribution in [0.4, 0.5) is 5.69 Å². The number of anilines is 1. The number of hydrogen-bond donors (Lipinski definition) is 2. The predicted octanol–water partition coefficient (Wildman–Crippen LogP) is 1.96. The molecule has 0 saturated carbocycles. The molecule has 2 N–H and O–H groups in total. The number of piperidine rings is 1. The van der Waals surface area contributed by atoms with Crippen LogP contribution >= 0.6 is 12.4 Å². The number of benzene rings is 1. The van der Waals surface area contributed by atoms with E-state index in [0.717, 1.165) is 0 Å². The highest BCUT2D eigenvalue weighted by atomic mass is 35.5. The van der Waals surface area contributed by atoms with E-state index in [0.29, 0.717) is 43.1 Å². The molecule has 2 aliphatic rings. The maximum Gasteiger partial charge on any atom is 0.306 e. The number of ether oxygens (including phenoxy) is 2. The van der Waals surface area contributed by atoms with Gasteiger partial charge in [0.25, 0.3) is 0 Å². The molecule has 2 aliphatic heterocycles. The molecule has 1 amide bonds. The quantitative estimate of drug-likeness (QED) is 0.857. The number of nitrogens with zero attached hydrogens (tertiary/aromatic N) is 1. The standard InChI is InChI=1S/C16H20N2O5.ClH/c1-10(18-6-4-11(5-7-18)16(20)21)15(19)17-12-2-3-13-14(8-12)23-9-22-13;/h2-3,8,10-11H,4-7,9H2,1H3,(H,17,19)(H,20,21);1H. The average Bonchev–Trinajstić information content (AvgIpc) is 3.01. The monoisotopic (exact) mass is 356 g/mol. The van der Waals surface area contributed by atoms with Gasteiger partial charge in [-0.2, -0.15) is 0 Å². The Labute approximate surface area is 146 Å². The van der Waals surface area contributed by atoms with Crippen LogP contribution in [0.3, 0.4) is 0 Å². The van der Waals surface area contributed by atoms with Gasteiger partial charge in [0.1, 0.15) is 0 Å². The van der Waals surface area contributed by atoms with E-state index in [4.69, 9.17) is 14.6 Å². The zero-order valence-electron chi connectivity index (χ0n) is 13.4. The molecule has 24 heavy (non-hydrogen) atoms. The van der Waals surface area contributed by atoms with Gasteiger partial charge in [0, 0.05) is 11.8 Å². The molecule has 8 heteroatoms. The maximum absolute atomic E-state index is 12.4. The molecule has 1 saturated heterocycles. The minimum Gasteiger partial charge on any atom is -0.481 e. The van der Waals surface area contributed by atoms with Gasteiger partial charge < -0.3 is 19.9 Å². The summed E-state index contributed by atoms with van der Waals surface area (Å²) in [5.74, 6) is 0.139. The Bertz CT molecular complexity index is 616. The molecule has 0 bridgehead atoms. The Morgan fingerprint density at radius 1 is 1.25 bits per heavy atom. The number of carboxylic acids is 1. The molecule has 2 heterocycles. The molecule has 132 valence electrons. The van der Waals surface area contributed by atoms with E-state index in [1.54, 1.807) is 18.2 Å². The Balaban J connectivity index is 0.00000208. The minimum absolute atomic E-state index is 0. The van der Waals surface area contributed by atoms with Gasteiger partial charge >= 0.3 is 5.97 Å². The number of aliphatic carboxylic acids is 1. The van der Waals surface area contributed by atoms with Crippen molar-refractivity contribution in [1.29, 1.82) is 0 Å². The van der Waals surface area contributed by atoms with Gasteiger partial charge in [-0.05, 0) is 45.0 Å². The average molecular weight is 357 g/mol. The topological polar surface area (TPSA) is 88.1 Å². The fraction of sp³-hybridized carbons (Fsp3) is 0.500. The van der Waals surface area contributed by atoms with Crippen LogP contribution in [0.1, 0.15) is 19.8 Å². The van der Waals surface area contributed by atoms with E-state index in [2.05, 4.69) is 5.32 Å². The molecular weight excluding hydrogens is 336 g/mol. The number of hydrogen-bond acceptors (Lipinski definition) is 5. The molecule has 1 fully saturated rings. The molecular formula is C16H21ClN2O5. The summed E-state index contributed by atoms with van der Waals surface area (Å²) in [6.45, 7) is 3.27. The number of amides is 1. The van der Waals surface area contributed by atoms with Crippen molar-refractivity contribution >= 4 is 30.0 Å². The smallest absolute Gasteiger partial charge is 0.306 e. The van der Waals surface area contributed by atoms with Crippen molar-refractivity contribution in [3.63, 3.8) is 0 Å². The summed E-state index contributed by atoms with van der Waals surface area (Å²) in [4.78, 5) is 25.4. The van der Waals surface area contributed by atoms with E-state index in [9.17, 15) is 9.59 Å². The second kappa shape index (κ2) is 7.72. The largest absolute Gasteiger partial charge is 0.481 e. The first-order valence-electron chi connectivity index (χ1n) is 7.72. The molecule has 1 atom stereocenters. The summed E-state index contributed by atoms with van der Waals surface area (Å²) in [5.41, 5.74) is 0.659. The number of fused-ring (bicyclic) bond motifs is 1. The highest BCUT2D eigenvalue weighted by molar-refractivity contribution is 5.94. The third kappa shape index (κ3) is 3.91. The van der Waals surface area contributed by atoms with E-state index in [1.807, 2.05) is 11.8 Å². The molecule has 0 aromatic heterocycles. The molecule has 1 unspecified atom stereocenters. The Morgan fingerprint density at radius 2 is 1.92 bits per heavy atom. The number of halogens is 1. The van der Waals surface area contributed by atoms with Gasteiger partial charge in [-0.1, -0.05) is 0 Å². The lowest BCUT2D eigenvalue weighted by Gasteiger charge is -2.33. The van der Waals surface area contributed by atoms with Crippen molar-refractivity contribution in [1.82, 2.24) is 4.90 Å². The number of carboxylic acid groups (broad SMARTS) is 1. The number of nitrogens with one attached hydrogen (secondary N) is 1. The molecule has 1 aromatic rings. The molecule has 0 aliphatic carbocycles. The third-order valence-corrected chi connectivity index (χ3v) is 4.45. The molecule has 3 rings (SSSR count). The van der Waals surface area contributed by atoms with E-state index in [-0.39, 0.29) is 37.1 Å². The van der Waals surface area contributed by atoms with Gasteiger partial charge in [-0.25, -0.2) is 0 Å². The van der Waals surface area contributed by atoms with Crippen molar-refractivity contribution in [3.05, 3.63) is 18.2 Å². The summed E-state index contributed by atoms with van der Waals surface area (Å²) >= 11 is 0. The first kappa shape index (κ1) is 18.4. The fourth-order valence-electron chi connectivity index (χ4n) is 2.92. The van der Waals surface area contributed by atoms with E-state index < -0.39 is 5.97 Å². The molecule has 0 radical (unpaired) electrons. The number of rotatable bonds is 4. The van der Waals surface area contributed by atoms with Crippen LogP contribution in [-0.4, -0.2) is 47.8 Å². The SMILES string of the molecule is CC(C(=O)Nc1ccc2c(c1)OCO2)N1CCC(C(=O)O)CC1.Cl. The molecule has 7 nitrogen and oxygen atoms in total. The van der Waals surface area contributed by atoms with Crippen molar-refractivity contribution in [2.45, 2.75) is 25.8 Å². The Kier molecular flexibility index (Phi) is 5.90. The highest BCUT2D eigenvalue weighted by Crippen LogP contribution is 2.34. The summed E-state index contributed by atoms with van der Waals surface area (Å²) in [7, 11) is 0. The second-order valence-corrected chi connectivity index (χ2v) is 5.88. The Morgan fingerprint density at radius 3 is 2.58 bits per heavy atom. The second-order valence-electron chi connectivity index (χ2n) is 5.88. The van der Waals surface area contributed by atoms with Gasteiger partial charge in [0.05, 0.1) is 12.0 Å². The first-order valence-corrected chi connectivity index (χ1v) is 7.72. The van der Waals surface area contributed by atoms with Crippen molar-refractivity contribution in [3.8, 4) is 11.5 Å². The van der Waals surface area contributed by atoms with Crippen LogP contribution in [-0.2, 0) is 9.59 Å². The Hall–Kier alpha value is -1.99. The number of carbonyl (C=O) groups excluding carboxylic acids is 1. The fourth-order valence-corrected chi connectivity index (χ4v) is 2.92. The van der Waals surface area contributed by atoms with Crippen LogP contribution in [0.5, 0.6) is 11.5 Å². The van der Waals surface area contributed by atoms with Crippen LogP contribution in [0, 0.1) is 5.92 Å². The van der Waals surface area contributed by atoms with Crippen LogP contribution in [0.15, 0.2) is 18.2 Å². The van der Waals surface area contributed by atoms with Crippen molar-refractivity contribution in [2.24, 2.45) is 5.92 Å². The van der Waals surface area contributed by atoms with Crippen molar-refractivity contribution < 1.29 is 24.2 Å². The zero-order chi connectivity index (χ0) is 16.4. The summed E-state index contributed by atoms with van der Waals surface area (Å²) < 4.78 is 10.5. The lowest BCUT2D eigenvalue weighted by Crippen LogP contribution is -2.46. The van der Waals surface area contributed by atoms with Crippen LogP contribution in [0.2, 0.25) is 0 Å². The van der Waals surface area contributed by atoms with Crippen LogP contribution < -0.4 is 14.8 Å². The molecule has 0 spiro atoms. The molecule has 1 aromatic carbocycles. The van der Waals surface area contributed by atoms with Gasteiger partial charge in [0.2, 0.25) is 12.7 Å². The van der Waals surface area contributed by atoms with Crippen molar-refractivity contribution in [2.75, 3.05) is 25.2 Å². The van der Waals surface area contributed by atoms with Gasteiger partial charge in [0.15, 0.2) is 11.5 Å². The third-order valence-electron chi connectivity index (χ3n) is 4.45. The summed E-state index contributed by atoms with van der Waals surface area (Å²) in [6, 6.07) is 4.97. The number of carbonyl (C=O) groups is 2. The van der Waals surface area contributed by atoms with E-state index >= 15 is 0 Å². The van der Waals surface area contributed by atoms with E-state index in [1.165, 1.54) is 0 Å². The lowest BCUT2D eigenvalue weighted by molar-refractivity contribution is -0.143. The lowest BCUT2D eigenvalue weighted by atomic mass is 9.96.